The predicted molar refractivity (Wildman–Crippen MR) is 121 cm³/mol. The van der Waals surface area contributed by atoms with Gasteiger partial charge in [0.25, 0.3) is 0 Å². The number of methoxy groups -OCH3 is 1. The molecule has 4 N–H and O–H groups in total. The van der Waals surface area contributed by atoms with Gasteiger partial charge in [-0.15, -0.1) is 0 Å². The second-order valence-corrected chi connectivity index (χ2v) is 8.06. The number of nitrogens with zero attached hydrogens (tertiary/aromatic N) is 1. The second kappa shape index (κ2) is 9.86. The molecular formula is C23H24N2O7S. The third-order valence-corrected chi connectivity index (χ3v) is 5.79. The Morgan fingerprint density at radius 2 is 1.82 bits per heavy atom. The Morgan fingerprint density at radius 1 is 1.09 bits per heavy atom. The number of aliphatic hydroxyl groups is 3. The van der Waals surface area contributed by atoms with E-state index in [0.29, 0.717) is 23.5 Å². The Kier molecular flexibility index (Phi) is 6.91. The molecule has 1 saturated heterocycles. The number of aromatic nitrogens is 2. The number of ether oxygens (including phenoxy) is 3. The molecule has 9 nitrogen and oxygen atoms in total. The van der Waals surface area contributed by atoms with E-state index < -0.39 is 36.8 Å². The lowest BCUT2D eigenvalue weighted by atomic mass is 10.1. The Balaban J connectivity index is 1.57. The third-order valence-electron chi connectivity index (χ3n) is 5.42. The summed E-state index contributed by atoms with van der Waals surface area (Å²) < 4.78 is 17.9. The minimum atomic E-state index is -1.38. The van der Waals surface area contributed by atoms with E-state index in [-0.39, 0.29) is 4.64 Å². The summed E-state index contributed by atoms with van der Waals surface area (Å²) in [6, 6.07) is 14.7. The lowest BCUT2D eigenvalue weighted by Crippen LogP contribution is -2.36. The lowest BCUT2D eigenvalue weighted by Gasteiger charge is -2.18. The molecule has 0 unspecified atom stereocenters. The summed E-state index contributed by atoms with van der Waals surface area (Å²) in [5, 5.41) is 29.6. The maximum atomic E-state index is 12.5. The molecule has 1 aliphatic heterocycles. The molecule has 33 heavy (non-hydrogen) atoms. The number of benzene rings is 2. The summed E-state index contributed by atoms with van der Waals surface area (Å²) in [7, 11) is 1.60. The molecule has 1 aromatic heterocycles. The highest BCUT2D eigenvalue weighted by Crippen LogP contribution is 2.29. The van der Waals surface area contributed by atoms with Crippen LogP contribution in [-0.4, -0.2) is 56.9 Å². The first kappa shape index (κ1) is 23.1. The van der Waals surface area contributed by atoms with Crippen molar-refractivity contribution in [2.45, 2.75) is 31.0 Å². The molecule has 1 aliphatic rings. The monoisotopic (exact) mass is 472 g/mol. The van der Waals surface area contributed by atoms with Crippen LogP contribution in [0.2, 0.25) is 0 Å². The molecule has 10 heteroatoms. The number of aromatic amines is 1. The van der Waals surface area contributed by atoms with Gasteiger partial charge in [0.05, 0.1) is 13.7 Å². The fraction of sp³-hybridized carbons (Fsp3) is 0.304. The smallest absolute Gasteiger partial charge is 0.328 e. The summed E-state index contributed by atoms with van der Waals surface area (Å²) in [5.74, 6) is 2.02. The molecule has 3 aromatic rings. The summed E-state index contributed by atoms with van der Waals surface area (Å²) >= 11 is 5.33. The average Bonchev–Trinajstić information content (AvgIpc) is 3.10. The van der Waals surface area contributed by atoms with Crippen molar-refractivity contribution >= 4 is 12.2 Å². The van der Waals surface area contributed by atoms with Crippen LogP contribution < -0.4 is 15.2 Å². The van der Waals surface area contributed by atoms with Crippen LogP contribution in [0.25, 0.3) is 0 Å². The minimum absolute atomic E-state index is 0.254. The lowest BCUT2D eigenvalue weighted by molar-refractivity contribution is -0.0551. The van der Waals surface area contributed by atoms with Crippen molar-refractivity contribution < 1.29 is 29.5 Å². The fourth-order valence-corrected chi connectivity index (χ4v) is 3.88. The van der Waals surface area contributed by atoms with Gasteiger partial charge < -0.3 is 29.5 Å². The van der Waals surface area contributed by atoms with Crippen LogP contribution in [-0.2, 0) is 11.2 Å². The summed E-state index contributed by atoms with van der Waals surface area (Å²) in [4.78, 5) is 15.0. The number of rotatable bonds is 7. The Morgan fingerprint density at radius 3 is 2.48 bits per heavy atom. The molecule has 0 bridgehead atoms. The van der Waals surface area contributed by atoms with Gasteiger partial charge in [-0.1, -0.05) is 24.4 Å². The quantitative estimate of drug-likeness (QED) is 0.384. The van der Waals surface area contributed by atoms with Crippen LogP contribution >= 0.6 is 12.2 Å². The van der Waals surface area contributed by atoms with Crippen LogP contribution in [0.15, 0.2) is 59.5 Å². The molecule has 1 fully saturated rings. The van der Waals surface area contributed by atoms with Crippen molar-refractivity contribution in [1.82, 2.24) is 9.55 Å². The van der Waals surface area contributed by atoms with Gasteiger partial charge >= 0.3 is 5.69 Å². The number of H-pyrrole nitrogens is 1. The predicted octanol–water partition coefficient (Wildman–Crippen LogP) is 1.91. The SMILES string of the molecule is COc1ccc(Oc2cccc(Cc3cn([C@@H]4O[C@H](CO)[C@@H](O)[C@H]4O)c(=O)[nH]c3=S)c2)cc1. The molecule has 0 radical (unpaired) electrons. The molecule has 0 aliphatic carbocycles. The van der Waals surface area contributed by atoms with Gasteiger partial charge in [-0.05, 0) is 42.0 Å². The average molecular weight is 473 g/mol. The molecule has 4 rings (SSSR count). The molecule has 2 heterocycles. The van der Waals surface area contributed by atoms with Crippen molar-refractivity contribution in [3.8, 4) is 17.2 Å². The first-order chi connectivity index (χ1) is 15.9. The van der Waals surface area contributed by atoms with Gasteiger partial charge in [0, 0.05) is 18.2 Å². The van der Waals surface area contributed by atoms with Crippen molar-refractivity contribution in [1.29, 1.82) is 0 Å². The maximum absolute atomic E-state index is 12.5. The zero-order valence-electron chi connectivity index (χ0n) is 17.7. The van der Waals surface area contributed by atoms with Crippen LogP contribution in [0.1, 0.15) is 17.4 Å². The van der Waals surface area contributed by atoms with E-state index in [1.165, 1.54) is 6.20 Å². The molecule has 2 aromatic carbocycles. The van der Waals surface area contributed by atoms with Crippen molar-refractivity contribution in [3.05, 3.63) is 81.0 Å². The maximum Gasteiger partial charge on any atom is 0.328 e. The van der Waals surface area contributed by atoms with Gasteiger partial charge in [0.2, 0.25) is 0 Å². The first-order valence-electron chi connectivity index (χ1n) is 10.3. The highest BCUT2D eigenvalue weighted by Gasteiger charge is 2.43. The number of nitrogens with one attached hydrogen (secondary N) is 1. The van der Waals surface area contributed by atoms with E-state index in [4.69, 9.17) is 26.4 Å². The second-order valence-electron chi connectivity index (χ2n) is 7.65. The highest BCUT2D eigenvalue weighted by molar-refractivity contribution is 7.71. The van der Waals surface area contributed by atoms with E-state index >= 15 is 0 Å². The van der Waals surface area contributed by atoms with E-state index in [1.54, 1.807) is 31.4 Å². The molecule has 4 atom stereocenters. The number of hydrogen-bond acceptors (Lipinski definition) is 8. The van der Waals surface area contributed by atoms with E-state index in [9.17, 15) is 20.1 Å². The van der Waals surface area contributed by atoms with Crippen LogP contribution in [0.5, 0.6) is 17.2 Å². The first-order valence-corrected chi connectivity index (χ1v) is 10.7. The molecule has 174 valence electrons. The Labute approximate surface area is 194 Å². The van der Waals surface area contributed by atoms with Crippen molar-refractivity contribution in [2.75, 3.05) is 13.7 Å². The fourth-order valence-electron chi connectivity index (χ4n) is 3.67. The van der Waals surface area contributed by atoms with Gasteiger partial charge in [0.1, 0.15) is 40.2 Å². The van der Waals surface area contributed by atoms with Gasteiger partial charge in [-0.25, -0.2) is 4.79 Å². The van der Waals surface area contributed by atoms with Gasteiger partial charge in [-0.2, -0.15) is 0 Å². The van der Waals surface area contributed by atoms with Gasteiger partial charge in [-0.3, -0.25) is 9.55 Å². The van der Waals surface area contributed by atoms with E-state index in [2.05, 4.69) is 4.98 Å². The highest BCUT2D eigenvalue weighted by atomic mass is 32.1. The van der Waals surface area contributed by atoms with E-state index in [0.717, 1.165) is 15.9 Å². The minimum Gasteiger partial charge on any atom is -0.497 e. The van der Waals surface area contributed by atoms with E-state index in [1.807, 2.05) is 24.3 Å². The van der Waals surface area contributed by atoms with Crippen LogP contribution in [0, 0.1) is 4.64 Å². The molecule has 0 saturated carbocycles. The summed E-state index contributed by atoms with van der Waals surface area (Å²) in [6.45, 7) is -0.486. The molecule has 0 amide bonds. The van der Waals surface area contributed by atoms with Crippen LogP contribution in [0.3, 0.4) is 0 Å². The number of hydrogen-bond donors (Lipinski definition) is 4. The largest absolute Gasteiger partial charge is 0.497 e. The third kappa shape index (κ3) is 5.00. The Bertz CT molecular complexity index is 1220. The normalized spacial score (nSPS) is 22.3. The van der Waals surface area contributed by atoms with Gasteiger partial charge in [0.15, 0.2) is 6.23 Å². The topological polar surface area (TPSA) is 126 Å². The van der Waals surface area contributed by atoms with Crippen molar-refractivity contribution in [2.24, 2.45) is 0 Å². The zero-order chi connectivity index (χ0) is 23.5. The molecular weight excluding hydrogens is 448 g/mol. The standard InChI is InChI=1S/C23H24N2O7S/c1-30-15-5-7-16(8-6-15)31-17-4-2-3-13(10-17)9-14-11-25(23(29)24-21(14)33)22-20(28)19(27)18(12-26)32-22/h2-8,10-11,18-20,22,26-28H,9,12H2,1H3,(H,24,29,33)/t18-,19-,20-,22-/m1/s1. The molecule has 0 spiro atoms. The summed E-state index contributed by atoms with van der Waals surface area (Å²) in [5.41, 5.74) is 0.908. The summed E-state index contributed by atoms with van der Waals surface area (Å²) in [6.07, 6.45) is -2.96. The Hall–Kier alpha value is -3.02. The number of aliphatic hydroxyl groups excluding tert-OH is 3. The van der Waals surface area contributed by atoms with Crippen molar-refractivity contribution in [3.63, 3.8) is 0 Å². The van der Waals surface area contributed by atoms with Crippen LogP contribution in [0.4, 0.5) is 0 Å². The zero-order valence-corrected chi connectivity index (χ0v) is 18.6.